The third-order valence-electron chi connectivity index (χ3n) is 1.86. The maximum atomic E-state index is 5.18. The van der Waals surface area contributed by atoms with Gasteiger partial charge in [-0.2, -0.15) is 0 Å². The first kappa shape index (κ1) is 11.9. The van der Waals surface area contributed by atoms with Crippen LogP contribution in [0.4, 0.5) is 0 Å². The van der Waals surface area contributed by atoms with Crippen molar-refractivity contribution < 1.29 is 9.47 Å². The molecule has 0 spiro atoms. The molecule has 3 heteroatoms. The molecule has 0 radical (unpaired) electrons. The quantitative estimate of drug-likeness (QED) is 0.593. The second-order valence-electron chi connectivity index (χ2n) is 2.79. The van der Waals surface area contributed by atoms with Gasteiger partial charge in [-0.15, -0.1) is 0 Å². The highest BCUT2D eigenvalue weighted by molar-refractivity contribution is 4.68. The lowest BCUT2D eigenvalue weighted by Crippen LogP contribution is -2.41. The van der Waals surface area contributed by atoms with Crippen molar-refractivity contribution in [2.75, 3.05) is 20.8 Å². The highest BCUT2D eigenvalue weighted by Gasteiger charge is 2.18. The van der Waals surface area contributed by atoms with E-state index in [9.17, 15) is 0 Å². The Morgan fingerprint density at radius 2 is 1.75 bits per heavy atom. The van der Waals surface area contributed by atoms with Gasteiger partial charge in [0.2, 0.25) is 0 Å². The van der Waals surface area contributed by atoms with Crippen LogP contribution >= 0.6 is 0 Å². The van der Waals surface area contributed by atoms with Crippen molar-refractivity contribution in [3.63, 3.8) is 0 Å². The monoisotopic (exact) mass is 175 g/mol. The van der Waals surface area contributed by atoms with Crippen LogP contribution in [0.3, 0.4) is 0 Å². The Morgan fingerprint density at radius 3 is 2.08 bits per heavy atom. The van der Waals surface area contributed by atoms with E-state index < -0.39 is 0 Å². The van der Waals surface area contributed by atoms with Gasteiger partial charge in [-0.1, -0.05) is 20.3 Å². The Balaban J connectivity index is 3.86. The molecule has 0 saturated carbocycles. The molecule has 0 bridgehead atoms. The molecule has 12 heavy (non-hydrogen) atoms. The topological polar surface area (TPSA) is 30.5 Å². The molecule has 0 amide bonds. The van der Waals surface area contributed by atoms with Crippen molar-refractivity contribution in [3.05, 3.63) is 0 Å². The zero-order valence-electron chi connectivity index (χ0n) is 8.59. The van der Waals surface area contributed by atoms with E-state index in [0.717, 1.165) is 19.4 Å². The first-order valence-corrected chi connectivity index (χ1v) is 4.59. The maximum Gasteiger partial charge on any atom is 0.171 e. The average Bonchev–Trinajstić information content (AvgIpc) is 2.07. The van der Waals surface area contributed by atoms with Gasteiger partial charge in [0.15, 0.2) is 6.29 Å². The molecule has 3 nitrogen and oxygen atoms in total. The molecule has 0 fully saturated rings. The molecule has 1 atom stereocenters. The second kappa shape index (κ2) is 7.53. The molecule has 0 aliphatic heterocycles. The highest BCUT2D eigenvalue weighted by Crippen LogP contribution is 2.05. The zero-order chi connectivity index (χ0) is 9.40. The van der Waals surface area contributed by atoms with Crippen LogP contribution in [-0.4, -0.2) is 33.1 Å². The molecule has 0 aromatic rings. The molecule has 1 N–H and O–H groups in total. The summed E-state index contributed by atoms with van der Waals surface area (Å²) < 4.78 is 10.4. The maximum absolute atomic E-state index is 5.18. The minimum atomic E-state index is -0.120. The van der Waals surface area contributed by atoms with Crippen LogP contribution in [0.5, 0.6) is 0 Å². The van der Waals surface area contributed by atoms with E-state index in [1.54, 1.807) is 14.2 Å². The van der Waals surface area contributed by atoms with Crippen molar-refractivity contribution in [2.24, 2.45) is 0 Å². The molecule has 0 heterocycles. The molecule has 0 saturated heterocycles. The summed E-state index contributed by atoms with van der Waals surface area (Å²) in [6.45, 7) is 5.20. The molecular formula is C9H21NO2. The van der Waals surface area contributed by atoms with E-state index in [1.807, 2.05) is 0 Å². The van der Waals surface area contributed by atoms with Gasteiger partial charge >= 0.3 is 0 Å². The summed E-state index contributed by atoms with van der Waals surface area (Å²) in [6, 6.07) is 0.315. The van der Waals surface area contributed by atoms with Gasteiger partial charge in [0.1, 0.15) is 0 Å². The summed E-state index contributed by atoms with van der Waals surface area (Å²) in [5, 5.41) is 3.34. The van der Waals surface area contributed by atoms with E-state index in [1.165, 1.54) is 0 Å². The fraction of sp³-hybridized carbons (Fsp3) is 1.00. The molecular weight excluding hydrogens is 154 g/mol. The fourth-order valence-electron chi connectivity index (χ4n) is 1.33. The van der Waals surface area contributed by atoms with Crippen molar-refractivity contribution in [1.29, 1.82) is 0 Å². The van der Waals surface area contributed by atoms with Gasteiger partial charge in [-0.3, -0.25) is 0 Å². The molecule has 0 rings (SSSR count). The summed E-state index contributed by atoms with van der Waals surface area (Å²) in [7, 11) is 3.35. The molecule has 0 aliphatic carbocycles. The smallest absolute Gasteiger partial charge is 0.171 e. The third kappa shape index (κ3) is 4.04. The van der Waals surface area contributed by atoms with E-state index in [4.69, 9.17) is 9.47 Å². The van der Waals surface area contributed by atoms with Gasteiger partial charge in [0, 0.05) is 14.2 Å². The number of nitrogens with one attached hydrogen (secondary N) is 1. The van der Waals surface area contributed by atoms with Crippen LogP contribution in [0.2, 0.25) is 0 Å². The van der Waals surface area contributed by atoms with E-state index in [0.29, 0.717) is 6.04 Å². The number of hydrogen-bond acceptors (Lipinski definition) is 3. The fourth-order valence-corrected chi connectivity index (χ4v) is 1.33. The summed E-state index contributed by atoms with van der Waals surface area (Å²) >= 11 is 0. The van der Waals surface area contributed by atoms with Gasteiger partial charge in [-0.05, 0) is 13.0 Å². The van der Waals surface area contributed by atoms with Crippen LogP contribution in [0.1, 0.15) is 26.7 Å². The first-order valence-electron chi connectivity index (χ1n) is 4.59. The van der Waals surface area contributed by atoms with Crippen molar-refractivity contribution in [2.45, 2.75) is 39.0 Å². The van der Waals surface area contributed by atoms with Crippen molar-refractivity contribution >= 4 is 0 Å². The Labute approximate surface area is 75.4 Å². The number of rotatable bonds is 7. The second-order valence-corrected chi connectivity index (χ2v) is 2.79. The normalized spacial score (nSPS) is 13.8. The Bertz CT molecular complexity index is 88.5. The number of likely N-dealkylation sites (N-methyl/N-ethyl adjacent to an activating group) is 1. The van der Waals surface area contributed by atoms with Gasteiger partial charge < -0.3 is 14.8 Å². The third-order valence-corrected chi connectivity index (χ3v) is 1.86. The van der Waals surface area contributed by atoms with Crippen LogP contribution in [-0.2, 0) is 9.47 Å². The van der Waals surface area contributed by atoms with Crippen LogP contribution in [0.25, 0.3) is 0 Å². The van der Waals surface area contributed by atoms with Crippen molar-refractivity contribution in [3.8, 4) is 0 Å². The van der Waals surface area contributed by atoms with Gasteiger partial charge in [-0.25, -0.2) is 0 Å². The molecule has 0 aromatic heterocycles. The number of methoxy groups -OCH3 is 2. The lowest BCUT2D eigenvalue weighted by molar-refractivity contribution is -0.123. The predicted octanol–water partition coefficient (Wildman–Crippen LogP) is 1.38. The van der Waals surface area contributed by atoms with Crippen LogP contribution in [0, 0.1) is 0 Å². The Hall–Kier alpha value is -0.120. The van der Waals surface area contributed by atoms with Gasteiger partial charge in [0.05, 0.1) is 6.04 Å². The zero-order valence-corrected chi connectivity index (χ0v) is 8.59. The lowest BCUT2D eigenvalue weighted by Gasteiger charge is -2.24. The van der Waals surface area contributed by atoms with Gasteiger partial charge in [0.25, 0.3) is 0 Å². The molecule has 0 aromatic carbocycles. The SMILES string of the molecule is CCCC(NCC)C(OC)OC. The summed E-state index contributed by atoms with van der Waals surface area (Å²) in [5.74, 6) is 0. The predicted molar refractivity (Wildman–Crippen MR) is 50.2 cm³/mol. The lowest BCUT2D eigenvalue weighted by atomic mass is 10.1. The van der Waals surface area contributed by atoms with E-state index in [2.05, 4.69) is 19.2 Å². The number of ether oxygens (including phenoxy) is 2. The van der Waals surface area contributed by atoms with Crippen molar-refractivity contribution in [1.82, 2.24) is 5.32 Å². The molecule has 1 unspecified atom stereocenters. The minimum absolute atomic E-state index is 0.120. The average molecular weight is 175 g/mol. The first-order chi connectivity index (χ1) is 5.79. The number of hydrogen-bond donors (Lipinski definition) is 1. The van der Waals surface area contributed by atoms with E-state index >= 15 is 0 Å². The largest absolute Gasteiger partial charge is 0.354 e. The molecule has 0 aliphatic rings. The molecule has 74 valence electrons. The van der Waals surface area contributed by atoms with Crippen LogP contribution < -0.4 is 5.32 Å². The van der Waals surface area contributed by atoms with Crippen LogP contribution in [0.15, 0.2) is 0 Å². The highest BCUT2D eigenvalue weighted by atomic mass is 16.7. The summed E-state index contributed by atoms with van der Waals surface area (Å²) in [4.78, 5) is 0. The minimum Gasteiger partial charge on any atom is -0.354 e. The Kier molecular flexibility index (Phi) is 7.45. The standard InChI is InChI=1S/C9H21NO2/c1-5-7-8(10-6-2)9(11-3)12-4/h8-10H,5-7H2,1-4H3. The Morgan fingerprint density at radius 1 is 1.17 bits per heavy atom. The van der Waals surface area contributed by atoms with E-state index in [-0.39, 0.29) is 6.29 Å². The summed E-state index contributed by atoms with van der Waals surface area (Å²) in [6.07, 6.45) is 2.10. The summed E-state index contributed by atoms with van der Waals surface area (Å²) in [5.41, 5.74) is 0.